The summed E-state index contributed by atoms with van der Waals surface area (Å²) in [6.45, 7) is 6.87. The summed E-state index contributed by atoms with van der Waals surface area (Å²) in [5.74, 6) is -0.485. The number of benzene rings is 3. The van der Waals surface area contributed by atoms with Crippen molar-refractivity contribution in [3.8, 4) is 17.2 Å². The third-order valence-corrected chi connectivity index (χ3v) is 10.9. The third kappa shape index (κ3) is 4.79. The van der Waals surface area contributed by atoms with Gasteiger partial charge in [-0.3, -0.25) is 0 Å². The highest BCUT2D eigenvalue weighted by Crippen LogP contribution is 2.68. The number of esters is 1. The summed E-state index contributed by atoms with van der Waals surface area (Å²) >= 11 is 0. The zero-order chi connectivity index (χ0) is 31.1. The van der Waals surface area contributed by atoms with Crippen LogP contribution in [0.3, 0.4) is 0 Å². The van der Waals surface area contributed by atoms with Gasteiger partial charge in [-0.05, 0) is 66.5 Å². The maximum absolute atomic E-state index is 14.5. The summed E-state index contributed by atoms with van der Waals surface area (Å²) in [7, 11) is -0.442. The molecule has 2 bridgehead atoms. The molecular weight excluding hydrogens is 581 g/mol. The van der Waals surface area contributed by atoms with E-state index >= 15 is 0 Å². The fourth-order valence-corrected chi connectivity index (χ4v) is 8.18. The van der Waals surface area contributed by atoms with Crippen molar-refractivity contribution < 1.29 is 41.8 Å². The molecule has 1 saturated heterocycles. The van der Waals surface area contributed by atoms with E-state index in [4.69, 9.17) is 28.3 Å². The molecule has 5 fully saturated rings. The van der Waals surface area contributed by atoms with Crippen molar-refractivity contribution in [1.29, 1.82) is 0 Å². The minimum absolute atomic E-state index is 0.0216. The normalized spacial score (nSPS) is 31.1. The van der Waals surface area contributed by atoms with Gasteiger partial charge in [-0.2, -0.15) is 0 Å². The second-order valence-corrected chi connectivity index (χ2v) is 13.8. The molecule has 3 aromatic carbocycles. The first-order valence-corrected chi connectivity index (χ1v) is 15.7. The van der Waals surface area contributed by atoms with Crippen LogP contribution in [0.25, 0.3) is 0 Å². The average molecular weight is 616 g/mol. The number of carbonyl (C=O) groups is 1. The fraction of sp³-hybridized carbons (Fsp3) is 0.457. The SMILES string of the molecule is CC1(C)[C@@H]2CC3OB(C4CC4c4cc5c(c(C(=O)OCc6ccccc6)c4OCc4ccccc4)OC(F)(F)O5)O[C@@]3(C)[C@H]1C2. The lowest BCUT2D eigenvalue weighted by Gasteiger charge is -2.64. The smallest absolute Gasteiger partial charge is 0.488 e. The molecule has 4 saturated carbocycles. The Hall–Kier alpha value is -3.63. The van der Waals surface area contributed by atoms with Gasteiger partial charge in [0, 0.05) is 11.4 Å². The van der Waals surface area contributed by atoms with E-state index in [1.807, 2.05) is 60.7 Å². The van der Waals surface area contributed by atoms with Gasteiger partial charge >= 0.3 is 19.4 Å². The van der Waals surface area contributed by atoms with Gasteiger partial charge in [0.2, 0.25) is 0 Å². The summed E-state index contributed by atoms with van der Waals surface area (Å²) in [5.41, 5.74) is 1.80. The Labute approximate surface area is 261 Å². The molecule has 9 rings (SSSR count). The largest absolute Gasteiger partial charge is 0.586 e. The molecule has 2 heterocycles. The number of carbonyl (C=O) groups excluding carboxylic acids is 1. The van der Waals surface area contributed by atoms with Gasteiger partial charge in [-0.15, -0.1) is 8.78 Å². The van der Waals surface area contributed by atoms with Crippen molar-refractivity contribution >= 4 is 13.1 Å². The minimum Gasteiger partial charge on any atom is -0.488 e. The molecule has 234 valence electrons. The van der Waals surface area contributed by atoms with Gasteiger partial charge in [0.1, 0.15) is 24.5 Å². The molecule has 10 heteroatoms. The number of alkyl halides is 2. The van der Waals surface area contributed by atoms with E-state index in [1.54, 1.807) is 0 Å². The molecule has 4 aliphatic carbocycles. The lowest BCUT2D eigenvalue weighted by Crippen LogP contribution is -2.65. The van der Waals surface area contributed by atoms with Crippen molar-refractivity contribution in [3.05, 3.63) is 89.0 Å². The van der Waals surface area contributed by atoms with E-state index in [0.717, 1.165) is 24.0 Å². The Balaban J connectivity index is 1.13. The van der Waals surface area contributed by atoms with Crippen LogP contribution in [-0.2, 0) is 27.3 Å². The van der Waals surface area contributed by atoms with Gasteiger partial charge in [0.05, 0.1) is 11.7 Å². The van der Waals surface area contributed by atoms with Crippen molar-refractivity contribution in [2.75, 3.05) is 0 Å². The van der Waals surface area contributed by atoms with Crippen LogP contribution in [-0.4, -0.2) is 31.1 Å². The van der Waals surface area contributed by atoms with Crippen LogP contribution in [0.5, 0.6) is 17.2 Å². The Morgan fingerprint density at radius 2 is 1.62 bits per heavy atom. The summed E-state index contributed by atoms with van der Waals surface area (Å²) in [6, 6.07) is 20.1. The number of rotatable bonds is 8. The Morgan fingerprint density at radius 1 is 0.933 bits per heavy atom. The lowest BCUT2D eigenvalue weighted by atomic mass is 9.43. The van der Waals surface area contributed by atoms with E-state index in [0.29, 0.717) is 23.8 Å². The topological polar surface area (TPSA) is 72.5 Å². The monoisotopic (exact) mass is 616 g/mol. The Morgan fingerprint density at radius 3 is 2.31 bits per heavy atom. The van der Waals surface area contributed by atoms with Crippen LogP contribution in [0, 0.1) is 17.3 Å². The quantitative estimate of drug-likeness (QED) is 0.191. The maximum atomic E-state index is 14.5. The fourth-order valence-electron chi connectivity index (χ4n) is 8.18. The second-order valence-electron chi connectivity index (χ2n) is 13.8. The van der Waals surface area contributed by atoms with Gasteiger partial charge in [0.15, 0.2) is 11.5 Å². The first kappa shape index (κ1) is 28.8. The molecule has 7 nitrogen and oxygen atoms in total. The zero-order valence-electron chi connectivity index (χ0n) is 25.5. The molecular formula is C35H35BF2O7. The lowest BCUT2D eigenvalue weighted by molar-refractivity contribution is -0.286. The van der Waals surface area contributed by atoms with Crippen LogP contribution in [0.4, 0.5) is 8.78 Å². The minimum atomic E-state index is -3.94. The zero-order valence-corrected chi connectivity index (χ0v) is 25.5. The van der Waals surface area contributed by atoms with Gasteiger partial charge in [-0.1, -0.05) is 74.5 Å². The molecule has 0 radical (unpaired) electrons. The molecule has 0 N–H and O–H groups in total. The second kappa shape index (κ2) is 10.2. The average Bonchev–Trinajstić information content (AvgIpc) is 3.63. The van der Waals surface area contributed by atoms with E-state index in [1.165, 1.54) is 6.07 Å². The first-order valence-electron chi connectivity index (χ1n) is 15.7. The summed E-state index contributed by atoms with van der Waals surface area (Å²) < 4.78 is 64.1. The third-order valence-electron chi connectivity index (χ3n) is 10.9. The van der Waals surface area contributed by atoms with Crippen LogP contribution in [0.15, 0.2) is 66.7 Å². The molecule has 3 aromatic rings. The molecule has 2 aliphatic heterocycles. The van der Waals surface area contributed by atoms with Gasteiger partial charge in [0.25, 0.3) is 0 Å². The standard InChI is InChI=1S/C35H35BF2O7/c1-33(2)22-14-27(33)34(3)28(15-22)44-36(45-34)25-16-23(25)24-17-26-31(43-35(37,38)42-26)29(30(24)40-18-20-10-6-4-7-11-20)32(39)41-19-21-12-8-5-9-13-21/h4-13,17,22-23,25,27-28H,14-16,18-19H2,1-3H3/t22-,23?,25?,27-,28?,34-/m0/s1. The predicted octanol–water partition coefficient (Wildman–Crippen LogP) is 7.53. The van der Waals surface area contributed by atoms with Gasteiger partial charge in [-0.25, -0.2) is 4.79 Å². The molecule has 6 aliphatic rings. The summed E-state index contributed by atoms with van der Waals surface area (Å²) in [4.78, 5) is 13.7. The van der Waals surface area contributed by atoms with Crippen LogP contribution >= 0.6 is 0 Å². The van der Waals surface area contributed by atoms with Crippen LogP contribution in [0.1, 0.15) is 73.0 Å². The van der Waals surface area contributed by atoms with Crippen molar-refractivity contribution in [2.45, 2.75) is 83.0 Å². The van der Waals surface area contributed by atoms with Crippen LogP contribution < -0.4 is 14.2 Å². The molecule has 0 spiro atoms. The van der Waals surface area contributed by atoms with Crippen LogP contribution in [0.2, 0.25) is 5.82 Å². The van der Waals surface area contributed by atoms with Crippen molar-refractivity contribution in [3.63, 3.8) is 0 Å². The number of fused-ring (bicyclic) bond motifs is 1. The Bertz CT molecular complexity index is 1630. The number of ether oxygens (including phenoxy) is 4. The predicted molar refractivity (Wildman–Crippen MR) is 160 cm³/mol. The van der Waals surface area contributed by atoms with Crippen molar-refractivity contribution in [1.82, 2.24) is 0 Å². The van der Waals surface area contributed by atoms with Crippen molar-refractivity contribution in [2.24, 2.45) is 17.3 Å². The summed E-state index contributed by atoms with van der Waals surface area (Å²) in [5, 5.41) is 0. The highest BCUT2D eigenvalue weighted by Gasteiger charge is 2.70. The number of hydrogen-bond donors (Lipinski definition) is 0. The molecule has 0 aromatic heterocycles. The maximum Gasteiger partial charge on any atom is 0.586 e. The highest BCUT2D eigenvalue weighted by atomic mass is 19.3. The molecule has 6 atom stereocenters. The van der Waals surface area contributed by atoms with Gasteiger partial charge < -0.3 is 28.3 Å². The highest BCUT2D eigenvalue weighted by molar-refractivity contribution is 6.49. The van der Waals surface area contributed by atoms with E-state index in [-0.39, 0.29) is 59.1 Å². The summed E-state index contributed by atoms with van der Waals surface area (Å²) in [6.07, 6.45) is -1.12. The van der Waals surface area contributed by atoms with E-state index in [2.05, 4.69) is 20.8 Å². The van der Waals surface area contributed by atoms with E-state index < -0.39 is 25.1 Å². The number of halogens is 2. The first-order chi connectivity index (χ1) is 21.5. The molecule has 45 heavy (non-hydrogen) atoms. The number of hydrogen-bond acceptors (Lipinski definition) is 7. The van der Waals surface area contributed by atoms with E-state index in [9.17, 15) is 13.6 Å². The molecule has 0 amide bonds. The molecule has 3 unspecified atom stereocenters. The Kier molecular flexibility index (Phi) is 6.53.